The number of piperidine rings is 1. The lowest BCUT2D eigenvalue weighted by molar-refractivity contribution is -0.142. The van der Waals surface area contributed by atoms with E-state index in [1.54, 1.807) is 24.3 Å². The number of aliphatic carboxylic acids is 1. The smallest absolute Gasteiger partial charge is 0.307 e. The quantitative estimate of drug-likeness (QED) is 0.710. The second-order valence-corrected chi connectivity index (χ2v) is 7.85. The van der Waals surface area contributed by atoms with E-state index < -0.39 is 28.0 Å². The van der Waals surface area contributed by atoms with Gasteiger partial charge in [-0.15, -0.1) is 0 Å². The van der Waals surface area contributed by atoms with Crippen LogP contribution in [0.15, 0.2) is 59.5 Å². The van der Waals surface area contributed by atoms with Crippen molar-refractivity contribution in [3.05, 3.63) is 54.6 Å². The van der Waals surface area contributed by atoms with E-state index in [0.717, 1.165) is 0 Å². The molecule has 2 aromatic rings. The molecule has 0 amide bonds. The molecule has 1 aliphatic rings. The summed E-state index contributed by atoms with van der Waals surface area (Å²) in [6.45, 7) is 0.747. The van der Waals surface area contributed by atoms with Gasteiger partial charge < -0.3 is 15.2 Å². The number of carboxylic acid groups (broad SMARTS) is 1. The highest BCUT2D eigenvalue weighted by Gasteiger charge is 2.29. The molecule has 0 spiro atoms. The number of ether oxygens (including phenoxy) is 1. The third-order valence-electron chi connectivity index (χ3n) is 4.13. The first-order valence-electron chi connectivity index (χ1n) is 8.23. The normalized spacial score (nSPS) is 20.5. The summed E-state index contributed by atoms with van der Waals surface area (Å²) in [4.78, 5) is 11.2. The van der Waals surface area contributed by atoms with Crippen LogP contribution in [0.5, 0.6) is 11.5 Å². The maximum Gasteiger partial charge on any atom is 0.307 e. The molecule has 2 unspecified atom stereocenters. The standard InChI is InChI=1S/C18H20N2O5S/c21-18(22)13-10-14(12-19-11-13)20-26(23,24)17-8-6-16(7-9-17)25-15-4-2-1-3-5-15/h1-9,13-14,19-20H,10-12H2,(H,21,22). The van der Waals surface area contributed by atoms with Gasteiger partial charge in [-0.05, 0) is 42.8 Å². The van der Waals surface area contributed by atoms with Crippen molar-refractivity contribution in [1.82, 2.24) is 10.0 Å². The molecule has 8 heteroatoms. The lowest BCUT2D eigenvalue weighted by Crippen LogP contribution is -2.50. The minimum Gasteiger partial charge on any atom is -0.481 e. The summed E-state index contributed by atoms with van der Waals surface area (Å²) in [5.41, 5.74) is 0. The van der Waals surface area contributed by atoms with Crippen LogP contribution >= 0.6 is 0 Å². The highest BCUT2D eigenvalue weighted by molar-refractivity contribution is 7.89. The molecule has 7 nitrogen and oxygen atoms in total. The molecule has 1 aliphatic heterocycles. The van der Waals surface area contributed by atoms with E-state index >= 15 is 0 Å². The van der Waals surface area contributed by atoms with Crippen LogP contribution in [0.3, 0.4) is 0 Å². The van der Waals surface area contributed by atoms with Gasteiger partial charge in [-0.25, -0.2) is 13.1 Å². The summed E-state index contributed by atoms with van der Waals surface area (Å²) >= 11 is 0. The van der Waals surface area contributed by atoms with E-state index in [1.807, 2.05) is 18.2 Å². The zero-order chi connectivity index (χ0) is 18.6. The van der Waals surface area contributed by atoms with Crippen LogP contribution < -0.4 is 14.8 Å². The van der Waals surface area contributed by atoms with E-state index in [0.29, 0.717) is 24.6 Å². The van der Waals surface area contributed by atoms with Crippen LogP contribution in [0.4, 0.5) is 0 Å². The first-order valence-corrected chi connectivity index (χ1v) is 9.71. The number of carbonyl (C=O) groups is 1. The molecule has 0 saturated carbocycles. The Hall–Kier alpha value is -2.42. The van der Waals surface area contributed by atoms with Gasteiger partial charge >= 0.3 is 5.97 Å². The first kappa shape index (κ1) is 18.4. The Morgan fingerprint density at radius 3 is 2.35 bits per heavy atom. The Kier molecular flexibility index (Phi) is 5.55. The second-order valence-electron chi connectivity index (χ2n) is 6.13. The predicted octanol–water partition coefficient (Wildman–Crippen LogP) is 1.82. The van der Waals surface area contributed by atoms with Gasteiger partial charge in [0.05, 0.1) is 10.8 Å². The van der Waals surface area contributed by atoms with Crippen molar-refractivity contribution in [3.63, 3.8) is 0 Å². The van der Waals surface area contributed by atoms with Crippen LogP contribution in [-0.4, -0.2) is 38.6 Å². The Morgan fingerprint density at radius 2 is 1.69 bits per heavy atom. The fraction of sp³-hybridized carbons (Fsp3) is 0.278. The number of sulfonamides is 1. The molecule has 3 rings (SSSR count). The van der Waals surface area contributed by atoms with E-state index in [9.17, 15) is 13.2 Å². The molecule has 0 bridgehead atoms. The molecule has 138 valence electrons. The Balaban J connectivity index is 1.66. The van der Waals surface area contributed by atoms with Gasteiger partial charge in [-0.3, -0.25) is 4.79 Å². The second kappa shape index (κ2) is 7.86. The Labute approximate surface area is 152 Å². The molecule has 0 aliphatic carbocycles. The molecule has 26 heavy (non-hydrogen) atoms. The number of hydrogen-bond donors (Lipinski definition) is 3. The minimum atomic E-state index is -3.74. The third-order valence-corrected chi connectivity index (χ3v) is 5.67. The van der Waals surface area contributed by atoms with Crippen molar-refractivity contribution in [2.75, 3.05) is 13.1 Å². The summed E-state index contributed by atoms with van der Waals surface area (Å²) in [6.07, 6.45) is 0.261. The number of nitrogens with one attached hydrogen (secondary N) is 2. The van der Waals surface area contributed by atoms with Gasteiger partial charge in [0.1, 0.15) is 11.5 Å². The van der Waals surface area contributed by atoms with Crippen LogP contribution in [0.2, 0.25) is 0 Å². The van der Waals surface area contributed by atoms with E-state index in [2.05, 4.69) is 10.0 Å². The lowest BCUT2D eigenvalue weighted by Gasteiger charge is -2.28. The number of para-hydroxylation sites is 1. The maximum atomic E-state index is 12.5. The average Bonchev–Trinajstić information content (AvgIpc) is 2.63. The summed E-state index contributed by atoms with van der Waals surface area (Å²) in [7, 11) is -3.74. The van der Waals surface area contributed by atoms with Crippen molar-refractivity contribution in [3.8, 4) is 11.5 Å². The fourth-order valence-corrected chi connectivity index (χ4v) is 4.07. The molecule has 2 atom stereocenters. The zero-order valence-electron chi connectivity index (χ0n) is 14.0. The molecule has 0 radical (unpaired) electrons. The molecule has 1 saturated heterocycles. The molecule has 1 fully saturated rings. The highest BCUT2D eigenvalue weighted by Crippen LogP contribution is 2.23. The molecule has 0 aromatic heterocycles. The van der Waals surface area contributed by atoms with Gasteiger partial charge in [-0.2, -0.15) is 0 Å². The Morgan fingerprint density at radius 1 is 1.04 bits per heavy atom. The summed E-state index contributed by atoms with van der Waals surface area (Å²) in [6, 6.07) is 14.8. The summed E-state index contributed by atoms with van der Waals surface area (Å²) in [5.74, 6) is -0.337. The highest BCUT2D eigenvalue weighted by atomic mass is 32.2. The van der Waals surface area contributed by atoms with Crippen molar-refractivity contribution in [2.24, 2.45) is 5.92 Å². The van der Waals surface area contributed by atoms with Crippen LogP contribution in [0.25, 0.3) is 0 Å². The molecule has 1 heterocycles. The van der Waals surface area contributed by atoms with E-state index in [4.69, 9.17) is 9.84 Å². The fourth-order valence-electron chi connectivity index (χ4n) is 2.82. The van der Waals surface area contributed by atoms with Crippen molar-refractivity contribution < 1.29 is 23.1 Å². The van der Waals surface area contributed by atoms with Crippen LogP contribution in [0.1, 0.15) is 6.42 Å². The van der Waals surface area contributed by atoms with Gasteiger partial charge in [0.2, 0.25) is 10.0 Å². The largest absolute Gasteiger partial charge is 0.481 e. The van der Waals surface area contributed by atoms with Gasteiger partial charge in [0, 0.05) is 19.1 Å². The van der Waals surface area contributed by atoms with Crippen LogP contribution in [0, 0.1) is 5.92 Å². The predicted molar refractivity (Wildman–Crippen MR) is 95.7 cm³/mol. The molecule has 2 aromatic carbocycles. The van der Waals surface area contributed by atoms with Gasteiger partial charge in [0.15, 0.2) is 0 Å². The minimum absolute atomic E-state index is 0.107. The summed E-state index contributed by atoms with van der Waals surface area (Å²) < 4.78 is 33.3. The summed E-state index contributed by atoms with van der Waals surface area (Å²) in [5, 5.41) is 12.0. The van der Waals surface area contributed by atoms with E-state index in [-0.39, 0.29) is 11.3 Å². The Bertz CT molecular complexity index is 853. The average molecular weight is 376 g/mol. The number of hydrogen-bond acceptors (Lipinski definition) is 5. The first-order chi connectivity index (χ1) is 12.4. The number of rotatable bonds is 6. The van der Waals surface area contributed by atoms with E-state index in [1.165, 1.54) is 12.1 Å². The lowest BCUT2D eigenvalue weighted by atomic mass is 9.97. The monoisotopic (exact) mass is 376 g/mol. The molecule has 3 N–H and O–H groups in total. The van der Waals surface area contributed by atoms with Crippen molar-refractivity contribution in [2.45, 2.75) is 17.4 Å². The SMILES string of the molecule is O=C(O)C1CNCC(NS(=O)(=O)c2ccc(Oc3ccccc3)cc2)C1. The third kappa shape index (κ3) is 4.60. The van der Waals surface area contributed by atoms with Crippen LogP contribution in [-0.2, 0) is 14.8 Å². The topological polar surface area (TPSA) is 105 Å². The van der Waals surface area contributed by atoms with Gasteiger partial charge in [-0.1, -0.05) is 18.2 Å². The zero-order valence-corrected chi connectivity index (χ0v) is 14.8. The number of carboxylic acids is 1. The number of benzene rings is 2. The van der Waals surface area contributed by atoms with Crippen molar-refractivity contribution >= 4 is 16.0 Å². The van der Waals surface area contributed by atoms with Crippen molar-refractivity contribution in [1.29, 1.82) is 0 Å². The molecular formula is C18H20N2O5S. The molecular weight excluding hydrogens is 356 g/mol. The van der Waals surface area contributed by atoms with Gasteiger partial charge in [0.25, 0.3) is 0 Å². The maximum absolute atomic E-state index is 12.5.